The SMILES string of the molecule is N=C(N)c1ccc(C[C@H](NC(=O)C(N)S(=O)(=O)c2cccc3ccccc23)C(=O)O)cc1. The van der Waals surface area contributed by atoms with Gasteiger partial charge in [-0.3, -0.25) is 10.2 Å². The van der Waals surface area contributed by atoms with Gasteiger partial charge in [-0.2, -0.15) is 0 Å². The second kappa shape index (κ2) is 9.16. The van der Waals surface area contributed by atoms with Crippen LogP contribution >= 0.6 is 0 Å². The number of carbonyl (C=O) groups excluding carboxylic acids is 1. The van der Waals surface area contributed by atoms with Crippen LogP contribution in [0.25, 0.3) is 10.8 Å². The first kappa shape index (κ1) is 22.9. The number of nitrogens with one attached hydrogen (secondary N) is 2. The lowest BCUT2D eigenvalue weighted by atomic mass is 10.0. The molecule has 10 heteroatoms. The summed E-state index contributed by atoms with van der Waals surface area (Å²) in [6, 6.07) is 16.3. The Morgan fingerprint density at radius 3 is 2.25 bits per heavy atom. The Bertz CT molecular complexity index is 1280. The third-order valence-corrected chi connectivity index (χ3v) is 6.82. The summed E-state index contributed by atoms with van der Waals surface area (Å²) in [6.07, 6.45) is -0.111. The van der Waals surface area contributed by atoms with Crippen LogP contribution in [0, 0.1) is 5.41 Å². The molecule has 3 rings (SSSR count). The molecule has 166 valence electrons. The Morgan fingerprint density at radius 1 is 1.00 bits per heavy atom. The molecule has 0 spiro atoms. The summed E-state index contributed by atoms with van der Waals surface area (Å²) in [5, 5.41) is 18.2. The Labute approximate surface area is 184 Å². The predicted octanol–water partition coefficient (Wildman–Crippen LogP) is 0.994. The van der Waals surface area contributed by atoms with Crippen molar-refractivity contribution >= 4 is 38.3 Å². The first-order valence-corrected chi connectivity index (χ1v) is 11.1. The molecule has 3 aromatic rings. The maximum atomic E-state index is 13.0. The van der Waals surface area contributed by atoms with E-state index in [1.165, 1.54) is 6.07 Å². The van der Waals surface area contributed by atoms with Gasteiger partial charge in [-0.15, -0.1) is 0 Å². The molecular weight excluding hydrogens is 432 g/mol. The number of rotatable bonds is 8. The van der Waals surface area contributed by atoms with Crippen LogP contribution in [-0.4, -0.2) is 42.7 Å². The number of sulfone groups is 1. The topological polar surface area (TPSA) is 176 Å². The fourth-order valence-corrected chi connectivity index (χ4v) is 4.62. The molecule has 1 unspecified atom stereocenters. The molecule has 0 heterocycles. The summed E-state index contributed by atoms with van der Waals surface area (Å²) in [5.41, 5.74) is 12.2. The summed E-state index contributed by atoms with van der Waals surface area (Å²) >= 11 is 0. The van der Waals surface area contributed by atoms with Crippen molar-refractivity contribution in [3.63, 3.8) is 0 Å². The molecule has 7 N–H and O–H groups in total. The molecule has 0 aliphatic rings. The quantitative estimate of drug-likeness (QED) is 0.249. The normalized spacial score (nSPS) is 13.3. The van der Waals surface area contributed by atoms with Gasteiger partial charge in [0.15, 0.2) is 5.37 Å². The average molecular weight is 455 g/mol. The lowest BCUT2D eigenvalue weighted by Gasteiger charge is -2.19. The average Bonchev–Trinajstić information content (AvgIpc) is 2.77. The number of carbonyl (C=O) groups is 2. The van der Waals surface area contributed by atoms with Crippen LogP contribution in [0.5, 0.6) is 0 Å². The monoisotopic (exact) mass is 454 g/mol. The fourth-order valence-electron chi connectivity index (χ4n) is 3.23. The van der Waals surface area contributed by atoms with Crippen molar-refractivity contribution in [3.05, 3.63) is 77.9 Å². The van der Waals surface area contributed by atoms with E-state index >= 15 is 0 Å². The molecule has 0 saturated carbocycles. The van der Waals surface area contributed by atoms with E-state index in [-0.39, 0.29) is 17.2 Å². The molecule has 3 aromatic carbocycles. The largest absolute Gasteiger partial charge is 0.480 e. The Morgan fingerprint density at radius 2 is 1.62 bits per heavy atom. The highest BCUT2D eigenvalue weighted by molar-refractivity contribution is 7.93. The van der Waals surface area contributed by atoms with Gasteiger partial charge in [0.2, 0.25) is 9.84 Å². The maximum absolute atomic E-state index is 13.0. The van der Waals surface area contributed by atoms with E-state index in [1.807, 2.05) is 0 Å². The molecule has 0 aliphatic heterocycles. The third-order valence-electron chi connectivity index (χ3n) is 4.97. The van der Waals surface area contributed by atoms with E-state index in [0.29, 0.717) is 21.9 Å². The van der Waals surface area contributed by atoms with Crippen molar-refractivity contribution < 1.29 is 23.1 Å². The zero-order chi connectivity index (χ0) is 23.5. The van der Waals surface area contributed by atoms with Crippen LogP contribution in [0.3, 0.4) is 0 Å². The molecule has 0 fully saturated rings. The second-order valence-electron chi connectivity index (χ2n) is 7.16. The number of nitrogens with two attached hydrogens (primary N) is 2. The van der Waals surface area contributed by atoms with E-state index in [0.717, 1.165) is 0 Å². The summed E-state index contributed by atoms with van der Waals surface area (Å²) in [6.45, 7) is 0. The van der Waals surface area contributed by atoms with E-state index in [4.69, 9.17) is 16.9 Å². The van der Waals surface area contributed by atoms with Crippen molar-refractivity contribution in [1.29, 1.82) is 5.41 Å². The molecule has 0 aromatic heterocycles. The van der Waals surface area contributed by atoms with Crippen molar-refractivity contribution in [2.45, 2.75) is 22.7 Å². The number of amides is 1. The zero-order valence-electron chi connectivity index (χ0n) is 16.9. The summed E-state index contributed by atoms with van der Waals surface area (Å²) in [5.74, 6) is -2.60. The Hall–Kier alpha value is -3.76. The Balaban J connectivity index is 1.81. The maximum Gasteiger partial charge on any atom is 0.326 e. The number of carboxylic acids is 1. The van der Waals surface area contributed by atoms with Gasteiger partial charge in [0, 0.05) is 17.4 Å². The van der Waals surface area contributed by atoms with Gasteiger partial charge in [0.05, 0.1) is 4.90 Å². The standard InChI is InChI=1S/C22H22N4O5S/c23-19(24)15-10-8-13(9-11-15)12-17(22(28)29)26-21(27)20(25)32(30,31)18-7-3-5-14-4-1-2-6-16(14)18/h1-11,17,20H,12,25H2,(H3,23,24)(H,26,27)(H,28,29)/t17-,20?/m0/s1. The van der Waals surface area contributed by atoms with Crippen molar-refractivity contribution in [1.82, 2.24) is 5.32 Å². The van der Waals surface area contributed by atoms with Gasteiger partial charge in [-0.1, -0.05) is 60.7 Å². The fraction of sp³-hybridized carbons (Fsp3) is 0.136. The van der Waals surface area contributed by atoms with Crippen LogP contribution in [0.1, 0.15) is 11.1 Å². The van der Waals surface area contributed by atoms with Crippen LogP contribution < -0.4 is 16.8 Å². The van der Waals surface area contributed by atoms with Gasteiger partial charge in [0.25, 0.3) is 5.91 Å². The predicted molar refractivity (Wildman–Crippen MR) is 120 cm³/mol. The highest BCUT2D eigenvalue weighted by Gasteiger charge is 2.34. The van der Waals surface area contributed by atoms with Gasteiger partial charge in [-0.05, 0) is 17.0 Å². The molecule has 0 saturated heterocycles. The van der Waals surface area contributed by atoms with Gasteiger partial charge in [-0.25, -0.2) is 13.2 Å². The molecule has 1 amide bonds. The van der Waals surface area contributed by atoms with Crippen molar-refractivity contribution in [2.75, 3.05) is 0 Å². The first-order valence-electron chi connectivity index (χ1n) is 9.55. The third kappa shape index (κ3) is 4.76. The highest BCUT2D eigenvalue weighted by atomic mass is 32.2. The molecule has 2 atom stereocenters. The molecule has 9 nitrogen and oxygen atoms in total. The number of benzene rings is 3. The van der Waals surface area contributed by atoms with Crippen LogP contribution in [0.4, 0.5) is 0 Å². The minimum absolute atomic E-state index is 0.107. The summed E-state index contributed by atoms with van der Waals surface area (Å²) in [7, 11) is -4.29. The lowest BCUT2D eigenvalue weighted by Crippen LogP contribution is -2.52. The van der Waals surface area contributed by atoms with Crippen LogP contribution in [-0.2, 0) is 25.8 Å². The van der Waals surface area contributed by atoms with Gasteiger partial charge in [0.1, 0.15) is 11.9 Å². The van der Waals surface area contributed by atoms with E-state index in [1.54, 1.807) is 60.7 Å². The number of amidine groups is 1. The van der Waals surface area contributed by atoms with Crippen molar-refractivity contribution in [2.24, 2.45) is 11.5 Å². The summed E-state index contributed by atoms with van der Waals surface area (Å²) in [4.78, 5) is 24.2. The molecule has 0 aliphatic carbocycles. The molecule has 0 radical (unpaired) electrons. The molecule has 0 bridgehead atoms. The van der Waals surface area contributed by atoms with Gasteiger partial charge >= 0.3 is 5.97 Å². The smallest absolute Gasteiger partial charge is 0.326 e. The van der Waals surface area contributed by atoms with Crippen LogP contribution in [0.2, 0.25) is 0 Å². The highest BCUT2D eigenvalue weighted by Crippen LogP contribution is 2.25. The van der Waals surface area contributed by atoms with Crippen molar-refractivity contribution in [3.8, 4) is 0 Å². The number of carboxylic acid groups (broad SMARTS) is 1. The number of hydrogen-bond donors (Lipinski definition) is 5. The van der Waals surface area contributed by atoms with E-state index in [2.05, 4.69) is 5.32 Å². The minimum Gasteiger partial charge on any atom is -0.480 e. The number of nitrogen functional groups attached to an aromatic ring is 1. The minimum atomic E-state index is -4.29. The second-order valence-corrected chi connectivity index (χ2v) is 9.19. The number of aliphatic carboxylic acids is 1. The summed E-state index contributed by atoms with van der Waals surface area (Å²) < 4.78 is 26.1. The van der Waals surface area contributed by atoms with Gasteiger partial charge < -0.3 is 21.9 Å². The van der Waals surface area contributed by atoms with Crippen LogP contribution in [0.15, 0.2) is 71.6 Å². The van der Waals surface area contributed by atoms with E-state index in [9.17, 15) is 23.1 Å². The first-order chi connectivity index (χ1) is 15.1. The Kier molecular flexibility index (Phi) is 6.56. The number of hydrogen-bond acceptors (Lipinski definition) is 6. The number of fused-ring (bicyclic) bond motifs is 1. The van der Waals surface area contributed by atoms with E-state index < -0.39 is 33.1 Å². The molecular formula is C22H22N4O5S. The zero-order valence-corrected chi connectivity index (χ0v) is 17.7. The molecule has 32 heavy (non-hydrogen) atoms. The lowest BCUT2D eigenvalue weighted by molar-refractivity contribution is -0.141.